The Morgan fingerprint density at radius 3 is 2.71 bits per heavy atom. The van der Waals surface area contributed by atoms with Crippen molar-refractivity contribution in [3.8, 4) is 0 Å². The fourth-order valence-electron chi connectivity index (χ4n) is 2.94. The van der Waals surface area contributed by atoms with Crippen LogP contribution in [0.3, 0.4) is 0 Å². The lowest BCUT2D eigenvalue weighted by atomic mass is 10.0. The van der Waals surface area contributed by atoms with Crippen molar-refractivity contribution in [2.24, 2.45) is 5.92 Å². The third-order valence-corrected chi connectivity index (χ3v) is 3.99. The SMILES string of the molecule is CC(=O)Nc1cccc(C(=O)NCCCC2CCCC2)c1. The molecule has 0 aromatic heterocycles. The molecule has 2 amide bonds. The maximum Gasteiger partial charge on any atom is 0.251 e. The monoisotopic (exact) mass is 288 g/mol. The van der Waals surface area contributed by atoms with Crippen LogP contribution in [0.15, 0.2) is 24.3 Å². The summed E-state index contributed by atoms with van der Waals surface area (Å²) in [5, 5.41) is 5.64. The van der Waals surface area contributed by atoms with Crippen molar-refractivity contribution in [3.05, 3.63) is 29.8 Å². The fraction of sp³-hybridized carbons (Fsp3) is 0.529. The van der Waals surface area contributed by atoms with Gasteiger partial charge in [-0.1, -0.05) is 31.7 Å². The van der Waals surface area contributed by atoms with E-state index in [-0.39, 0.29) is 11.8 Å². The molecule has 21 heavy (non-hydrogen) atoms. The number of anilines is 1. The molecular formula is C17H24N2O2. The molecule has 2 rings (SSSR count). The quantitative estimate of drug-likeness (QED) is 0.789. The summed E-state index contributed by atoms with van der Waals surface area (Å²) in [6.45, 7) is 2.18. The molecule has 1 aliphatic rings. The number of benzene rings is 1. The average molecular weight is 288 g/mol. The van der Waals surface area contributed by atoms with E-state index in [9.17, 15) is 9.59 Å². The van der Waals surface area contributed by atoms with E-state index in [2.05, 4.69) is 10.6 Å². The summed E-state index contributed by atoms with van der Waals surface area (Å²) in [6, 6.07) is 7.02. The Balaban J connectivity index is 1.75. The van der Waals surface area contributed by atoms with Gasteiger partial charge in [-0.15, -0.1) is 0 Å². The molecule has 2 N–H and O–H groups in total. The number of amides is 2. The van der Waals surface area contributed by atoms with Crippen LogP contribution < -0.4 is 10.6 Å². The maximum absolute atomic E-state index is 12.1. The second-order valence-corrected chi connectivity index (χ2v) is 5.81. The molecule has 4 heteroatoms. The molecule has 0 aliphatic heterocycles. The van der Waals surface area contributed by atoms with Crippen molar-refractivity contribution in [3.63, 3.8) is 0 Å². The van der Waals surface area contributed by atoms with Crippen LogP contribution in [0.2, 0.25) is 0 Å². The third kappa shape index (κ3) is 5.21. The first-order valence-electron chi connectivity index (χ1n) is 7.81. The van der Waals surface area contributed by atoms with Gasteiger partial charge in [-0.3, -0.25) is 9.59 Å². The van der Waals surface area contributed by atoms with Crippen molar-refractivity contribution in [1.29, 1.82) is 0 Å². The van der Waals surface area contributed by atoms with Crippen LogP contribution in [-0.4, -0.2) is 18.4 Å². The summed E-state index contributed by atoms with van der Waals surface area (Å²) in [4.78, 5) is 23.1. The largest absolute Gasteiger partial charge is 0.352 e. The fourth-order valence-corrected chi connectivity index (χ4v) is 2.94. The predicted octanol–water partition coefficient (Wildman–Crippen LogP) is 3.35. The molecule has 1 aliphatic carbocycles. The standard InChI is InChI=1S/C17H24N2O2/c1-13(20)19-16-10-4-9-15(12-16)17(21)18-11-5-8-14-6-2-3-7-14/h4,9-10,12,14H,2-3,5-8,11H2,1H3,(H,18,21)(H,19,20). The molecule has 0 bridgehead atoms. The van der Waals surface area contributed by atoms with E-state index < -0.39 is 0 Å². The van der Waals surface area contributed by atoms with E-state index in [1.165, 1.54) is 39.0 Å². The zero-order valence-electron chi connectivity index (χ0n) is 12.7. The molecule has 0 unspecified atom stereocenters. The van der Waals surface area contributed by atoms with E-state index in [0.717, 1.165) is 18.9 Å². The molecule has 1 saturated carbocycles. The number of carbonyl (C=O) groups excluding carboxylic acids is 2. The minimum Gasteiger partial charge on any atom is -0.352 e. The molecule has 1 aromatic carbocycles. The highest BCUT2D eigenvalue weighted by Crippen LogP contribution is 2.28. The molecular weight excluding hydrogens is 264 g/mol. The Morgan fingerprint density at radius 1 is 1.24 bits per heavy atom. The summed E-state index contributed by atoms with van der Waals surface area (Å²) >= 11 is 0. The zero-order valence-corrected chi connectivity index (χ0v) is 12.7. The van der Waals surface area contributed by atoms with Crippen LogP contribution >= 0.6 is 0 Å². The van der Waals surface area contributed by atoms with Crippen molar-refractivity contribution in [2.75, 3.05) is 11.9 Å². The van der Waals surface area contributed by atoms with Gasteiger partial charge < -0.3 is 10.6 Å². The number of carbonyl (C=O) groups is 2. The highest BCUT2D eigenvalue weighted by molar-refractivity contribution is 5.96. The Bertz CT molecular complexity index is 493. The topological polar surface area (TPSA) is 58.2 Å². The first-order chi connectivity index (χ1) is 10.1. The van der Waals surface area contributed by atoms with Crippen LogP contribution in [0.25, 0.3) is 0 Å². The Labute approximate surface area is 126 Å². The van der Waals surface area contributed by atoms with Gasteiger partial charge in [0.15, 0.2) is 0 Å². The molecule has 1 fully saturated rings. The molecule has 114 valence electrons. The zero-order chi connectivity index (χ0) is 15.1. The number of rotatable bonds is 6. The molecule has 1 aromatic rings. The highest BCUT2D eigenvalue weighted by Gasteiger charge is 2.14. The van der Waals surface area contributed by atoms with Crippen LogP contribution in [0.4, 0.5) is 5.69 Å². The molecule has 0 atom stereocenters. The van der Waals surface area contributed by atoms with Crippen molar-refractivity contribution >= 4 is 17.5 Å². The lowest BCUT2D eigenvalue weighted by Gasteiger charge is -2.10. The number of nitrogens with one attached hydrogen (secondary N) is 2. The van der Waals surface area contributed by atoms with Gasteiger partial charge in [0.25, 0.3) is 5.91 Å². The van der Waals surface area contributed by atoms with Gasteiger partial charge in [-0.05, 0) is 37.0 Å². The van der Waals surface area contributed by atoms with Crippen LogP contribution in [-0.2, 0) is 4.79 Å². The Kier molecular flexibility index (Phi) is 5.78. The smallest absolute Gasteiger partial charge is 0.251 e. The summed E-state index contributed by atoms with van der Waals surface area (Å²) in [5.41, 5.74) is 1.24. The van der Waals surface area contributed by atoms with Crippen LogP contribution in [0, 0.1) is 5.92 Å². The lowest BCUT2D eigenvalue weighted by molar-refractivity contribution is -0.114. The summed E-state index contributed by atoms with van der Waals surface area (Å²) in [7, 11) is 0. The summed E-state index contributed by atoms with van der Waals surface area (Å²) in [5.74, 6) is 0.655. The molecule has 4 nitrogen and oxygen atoms in total. The van der Waals surface area contributed by atoms with Crippen molar-refractivity contribution in [2.45, 2.75) is 45.4 Å². The van der Waals surface area contributed by atoms with Gasteiger partial charge in [-0.25, -0.2) is 0 Å². The molecule has 0 heterocycles. The van der Waals surface area contributed by atoms with Gasteiger partial charge in [0.05, 0.1) is 0 Å². The van der Waals surface area contributed by atoms with Crippen molar-refractivity contribution < 1.29 is 9.59 Å². The van der Waals surface area contributed by atoms with Gasteiger partial charge in [0.1, 0.15) is 0 Å². The first kappa shape index (κ1) is 15.5. The maximum atomic E-state index is 12.1. The minimum absolute atomic E-state index is 0.0753. The molecule has 0 saturated heterocycles. The second-order valence-electron chi connectivity index (χ2n) is 5.81. The second kappa shape index (κ2) is 7.81. The van der Waals surface area contributed by atoms with E-state index in [1.807, 2.05) is 0 Å². The summed E-state index contributed by atoms with van der Waals surface area (Å²) < 4.78 is 0. The Morgan fingerprint density at radius 2 is 2.00 bits per heavy atom. The van der Waals surface area contributed by atoms with E-state index in [1.54, 1.807) is 24.3 Å². The van der Waals surface area contributed by atoms with Gasteiger partial charge in [0, 0.05) is 24.7 Å². The van der Waals surface area contributed by atoms with E-state index in [0.29, 0.717) is 11.3 Å². The minimum atomic E-state index is -0.135. The lowest BCUT2D eigenvalue weighted by Crippen LogP contribution is -2.24. The summed E-state index contributed by atoms with van der Waals surface area (Å²) in [6.07, 6.45) is 7.70. The van der Waals surface area contributed by atoms with E-state index >= 15 is 0 Å². The van der Waals surface area contributed by atoms with E-state index in [4.69, 9.17) is 0 Å². The Hall–Kier alpha value is -1.84. The van der Waals surface area contributed by atoms with Gasteiger partial charge >= 0.3 is 0 Å². The molecule has 0 spiro atoms. The number of hydrogen-bond donors (Lipinski definition) is 2. The van der Waals surface area contributed by atoms with Crippen molar-refractivity contribution in [1.82, 2.24) is 5.32 Å². The van der Waals surface area contributed by atoms with Crippen LogP contribution in [0.1, 0.15) is 55.8 Å². The van der Waals surface area contributed by atoms with Crippen LogP contribution in [0.5, 0.6) is 0 Å². The molecule has 0 radical (unpaired) electrons. The van der Waals surface area contributed by atoms with Gasteiger partial charge in [0.2, 0.25) is 5.91 Å². The third-order valence-electron chi connectivity index (χ3n) is 3.99. The number of hydrogen-bond acceptors (Lipinski definition) is 2. The van der Waals surface area contributed by atoms with Gasteiger partial charge in [-0.2, -0.15) is 0 Å². The predicted molar refractivity (Wildman–Crippen MR) is 84.3 cm³/mol. The highest BCUT2D eigenvalue weighted by atomic mass is 16.2. The first-order valence-corrected chi connectivity index (χ1v) is 7.81. The average Bonchev–Trinajstić information content (AvgIpc) is 2.96. The normalized spacial score (nSPS) is 14.9.